The molecule has 0 radical (unpaired) electrons. The summed E-state index contributed by atoms with van der Waals surface area (Å²) in [6.45, 7) is 5.91. The third-order valence-electron chi connectivity index (χ3n) is 10.8. The molecule has 2 aromatic carbocycles. The van der Waals surface area contributed by atoms with Crippen molar-refractivity contribution < 1.29 is 18.5 Å². The van der Waals surface area contributed by atoms with Gasteiger partial charge in [0.05, 0.1) is 22.0 Å². The molecule has 8 heteroatoms. The molecule has 1 saturated carbocycles. The number of ether oxygens (including phenoxy) is 2. The molecule has 44 heavy (non-hydrogen) atoms. The van der Waals surface area contributed by atoms with Gasteiger partial charge >= 0.3 is 0 Å². The number of halogens is 1. The number of nitrogens with one attached hydrogen (secondary N) is 1. The van der Waals surface area contributed by atoms with Crippen molar-refractivity contribution >= 4 is 38.8 Å². The van der Waals surface area contributed by atoms with Crippen LogP contribution in [-0.4, -0.2) is 53.6 Å². The van der Waals surface area contributed by atoms with E-state index in [4.69, 9.17) is 27.5 Å². The molecule has 2 aliphatic heterocycles. The fourth-order valence-corrected chi connectivity index (χ4v) is 9.45. The number of aryl methyl sites for hydroxylation is 1. The third kappa shape index (κ3) is 5.44. The van der Waals surface area contributed by atoms with Gasteiger partial charge in [-0.3, -0.25) is 9.52 Å². The van der Waals surface area contributed by atoms with Crippen LogP contribution in [0.3, 0.4) is 0 Å². The molecular weight excluding hydrogens is 592 g/mol. The lowest BCUT2D eigenvalue weighted by molar-refractivity contribution is -0.0349. The summed E-state index contributed by atoms with van der Waals surface area (Å²) in [5.74, 6) is 7.75. The number of nitrogens with zero attached hydrogens (tertiary/aromatic N) is 1. The second-order valence-electron chi connectivity index (χ2n) is 13.4. The van der Waals surface area contributed by atoms with E-state index in [0.29, 0.717) is 18.6 Å². The molecule has 1 fully saturated rings. The summed E-state index contributed by atoms with van der Waals surface area (Å²) < 4.78 is 29.3. The first-order valence-corrected chi connectivity index (χ1v) is 17.9. The van der Waals surface area contributed by atoms with Crippen LogP contribution in [0.4, 0.5) is 5.69 Å². The summed E-state index contributed by atoms with van der Waals surface area (Å²) in [6, 6.07) is 11.8. The molecule has 2 bridgehead atoms. The first-order valence-electron chi connectivity index (χ1n) is 15.7. The van der Waals surface area contributed by atoms with Crippen molar-refractivity contribution in [2.24, 2.45) is 17.8 Å². The van der Waals surface area contributed by atoms with Crippen LogP contribution in [0.1, 0.15) is 67.4 Å². The van der Waals surface area contributed by atoms with E-state index in [1.807, 2.05) is 38.1 Å². The van der Waals surface area contributed by atoms with E-state index >= 15 is 0 Å². The zero-order valence-electron chi connectivity index (χ0n) is 25.9. The van der Waals surface area contributed by atoms with Crippen molar-refractivity contribution in [2.45, 2.75) is 68.6 Å². The van der Waals surface area contributed by atoms with Crippen LogP contribution >= 0.6 is 11.6 Å². The third-order valence-corrected chi connectivity index (χ3v) is 13.3. The number of benzene rings is 2. The molecule has 1 amide bonds. The van der Waals surface area contributed by atoms with Gasteiger partial charge in [-0.05, 0) is 111 Å². The van der Waals surface area contributed by atoms with E-state index in [-0.39, 0.29) is 28.4 Å². The van der Waals surface area contributed by atoms with E-state index in [2.05, 4.69) is 39.6 Å². The standard InChI is InChI=1S/C36H43ClN2O4S/c1-6-36(42-4)18-7-9-24(2)25(3)44(5,41)38-34(40)27-12-16-33-32(20-27)39(21-28-11-14-31(28)36)22-35(23-43-33)17-8-10-26-19-29(37)13-15-30(26)35/h1,7,12-13,15-16,18-20,24-25,28,31H,5,8-11,14,17,21-23H2,2-4H3,(H,38,40,41)/b18-7+/t24-,25+,28-,31+,35-,36-,44?/m0/s1. The van der Waals surface area contributed by atoms with E-state index in [1.54, 1.807) is 13.2 Å². The molecule has 1 spiro atoms. The summed E-state index contributed by atoms with van der Waals surface area (Å²) >= 11 is 6.43. The summed E-state index contributed by atoms with van der Waals surface area (Å²) in [5.41, 5.74) is 2.80. The highest BCUT2D eigenvalue weighted by Crippen LogP contribution is 2.49. The number of hydrogen-bond acceptors (Lipinski definition) is 5. The van der Waals surface area contributed by atoms with Crippen LogP contribution in [-0.2, 0) is 26.3 Å². The molecule has 0 aromatic heterocycles. The van der Waals surface area contributed by atoms with Gasteiger partial charge in [-0.25, -0.2) is 4.21 Å². The Morgan fingerprint density at radius 1 is 1.23 bits per heavy atom. The Balaban J connectivity index is 1.46. The highest BCUT2D eigenvalue weighted by atomic mass is 35.5. The monoisotopic (exact) mass is 634 g/mol. The molecule has 2 aliphatic carbocycles. The lowest BCUT2D eigenvalue weighted by Crippen LogP contribution is -2.52. The van der Waals surface area contributed by atoms with E-state index < -0.39 is 21.2 Å². The normalized spacial score (nSPS) is 36.0. The van der Waals surface area contributed by atoms with Gasteiger partial charge < -0.3 is 14.4 Å². The Morgan fingerprint density at radius 2 is 2.05 bits per heavy atom. The van der Waals surface area contributed by atoms with Crippen molar-refractivity contribution in [3.8, 4) is 18.1 Å². The van der Waals surface area contributed by atoms with Gasteiger partial charge in [0.15, 0.2) is 0 Å². The van der Waals surface area contributed by atoms with Crippen molar-refractivity contribution in [3.05, 3.63) is 70.3 Å². The van der Waals surface area contributed by atoms with Crippen molar-refractivity contribution in [1.29, 1.82) is 0 Å². The molecule has 234 valence electrons. The fraction of sp³-hybridized carbons (Fsp3) is 0.500. The maximum absolute atomic E-state index is 13.7. The summed E-state index contributed by atoms with van der Waals surface area (Å²) in [5, 5.41) is 0.393. The molecule has 6 nitrogen and oxygen atoms in total. The summed E-state index contributed by atoms with van der Waals surface area (Å²) in [6.07, 6.45) is 16.0. The number of anilines is 1. The molecule has 0 saturated heterocycles. The van der Waals surface area contributed by atoms with Crippen LogP contribution < -0.4 is 14.4 Å². The van der Waals surface area contributed by atoms with Crippen LogP contribution in [0.2, 0.25) is 5.02 Å². The predicted molar refractivity (Wildman–Crippen MR) is 180 cm³/mol. The number of carbonyl (C=O) groups excluding carboxylic acids is 1. The van der Waals surface area contributed by atoms with Crippen molar-refractivity contribution in [2.75, 3.05) is 31.7 Å². The van der Waals surface area contributed by atoms with Gasteiger partial charge in [0.25, 0.3) is 5.91 Å². The maximum atomic E-state index is 13.7. The number of methoxy groups -OCH3 is 1. The van der Waals surface area contributed by atoms with E-state index in [1.165, 1.54) is 11.1 Å². The van der Waals surface area contributed by atoms with Crippen LogP contribution in [0.25, 0.3) is 0 Å². The summed E-state index contributed by atoms with van der Waals surface area (Å²) in [7, 11) is -1.25. The van der Waals surface area contributed by atoms with Gasteiger partial charge in [-0.2, -0.15) is 0 Å². The minimum Gasteiger partial charge on any atom is -0.490 e. The lowest BCUT2D eigenvalue weighted by Gasteiger charge is -2.48. The molecule has 2 aromatic rings. The Morgan fingerprint density at radius 3 is 2.77 bits per heavy atom. The Labute approximate surface area is 267 Å². The highest BCUT2D eigenvalue weighted by Gasteiger charge is 2.48. The molecule has 7 atom stereocenters. The van der Waals surface area contributed by atoms with Gasteiger partial charge in [0.1, 0.15) is 11.4 Å². The number of carbonyl (C=O) groups is 1. The molecule has 6 rings (SSSR count). The summed E-state index contributed by atoms with van der Waals surface area (Å²) in [4.78, 5) is 16.0. The minimum absolute atomic E-state index is 0.00523. The number of terminal acetylenes is 1. The van der Waals surface area contributed by atoms with Gasteiger partial charge in [-0.15, -0.1) is 6.42 Å². The molecule has 4 aliphatic rings. The van der Waals surface area contributed by atoms with E-state index in [9.17, 15) is 9.00 Å². The fourth-order valence-electron chi connectivity index (χ4n) is 7.78. The highest BCUT2D eigenvalue weighted by molar-refractivity contribution is 7.99. The zero-order chi connectivity index (χ0) is 31.3. The Kier molecular flexibility index (Phi) is 8.32. The largest absolute Gasteiger partial charge is 0.490 e. The van der Waals surface area contributed by atoms with Crippen LogP contribution in [0.5, 0.6) is 5.75 Å². The second kappa shape index (κ2) is 11.8. The number of amides is 1. The maximum Gasteiger partial charge on any atom is 0.262 e. The SMILES string of the molecule is C#C[C@]1(OC)/C=C/C[C@H](C)[C@@H](C)S(=C)(=O)NC(=O)c2ccc3c(c2)N(C[C@@H]2CC[C@H]21)C[C@@]1(CCCc2cc(Cl)ccc21)CO3. The van der Waals surface area contributed by atoms with Gasteiger partial charge in [0, 0.05) is 47.4 Å². The minimum atomic E-state index is -2.95. The van der Waals surface area contributed by atoms with E-state index in [0.717, 1.165) is 61.7 Å². The smallest absolute Gasteiger partial charge is 0.262 e. The topological polar surface area (TPSA) is 67.9 Å². The van der Waals surface area contributed by atoms with Crippen molar-refractivity contribution in [3.63, 3.8) is 0 Å². The number of hydrogen-bond donors (Lipinski definition) is 1. The Hall–Kier alpha value is -2.92. The average molecular weight is 635 g/mol. The van der Waals surface area contributed by atoms with Crippen LogP contribution in [0.15, 0.2) is 48.6 Å². The zero-order valence-corrected chi connectivity index (χ0v) is 27.5. The molecular formula is C36H43ClN2O4S. The number of allylic oxidation sites excluding steroid dienone is 1. The van der Waals surface area contributed by atoms with Gasteiger partial charge in [0.2, 0.25) is 0 Å². The number of fused-ring (bicyclic) bond motifs is 4. The predicted octanol–water partition coefficient (Wildman–Crippen LogP) is 6.20. The number of rotatable bonds is 1. The lowest BCUT2D eigenvalue weighted by atomic mass is 9.64. The molecule has 1 N–H and O–H groups in total. The first-order chi connectivity index (χ1) is 21.0. The Bertz CT molecular complexity index is 1630. The first kappa shape index (κ1) is 31.1. The molecule has 1 unspecified atom stereocenters. The van der Waals surface area contributed by atoms with Crippen LogP contribution in [0, 0.1) is 30.1 Å². The van der Waals surface area contributed by atoms with Crippen molar-refractivity contribution in [1.82, 2.24) is 4.72 Å². The quantitative estimate of drug-likeness (QED) is 0.230. The average Bonchev–Trinajstić information content (AvgIpc) is 3.14. The van der Waals surface area contributed by atoms with Gasteiger partial charge in [-0.1, -0.05) is 36.6 Å². The molecule has 2 heterocycles. The second-order valence-corrected chi connectivity index (χ2v) is 16.2.